The lowest BCUT2D eigenvalue weighted by Gasteiger charge is -2.23. The summed E-state index contributed by atoms with van der Waals surface area (Å²) in [7, 11) is -3.60. The van der Waals surface area contributed by atoms with Gasteiger partial charge in [-0.05, 0) is 47.6 Å². The molecule has 1 amide bonds. The van der Waals surface area contributed by atoms with Gasteiger partial charge in [0.15, 0.2) is 0 Å². The fourth-order valence-electron chi connectivity index (χ4n) is 3.14. The Morgan fingerprint density at radius 1 is 1.00 bits per heavy atom. The van der Waals surface area contributed by atoms with E-state index in [9.17, 15) is 13.2 Å². The Hall–Kier alpha value is -2.34. The molecule has 0 unspecified atom stereocenters. The van der Waals surface area contributed by atoms with Gasteiger partial charge in [-0.3, -0.25) is 9.10 Å². The topological polar surface area (TPSA) is 66.5 Å². The molecule has 0 aromatic heterocycles. The zero-order valence-corrected chi connectivity index (χ0v) is 18.1. The second kappa shape index (κ2) is 9.24. The monoisotopic (exact) mass is 402 g/mol. The van der Waals surface area contributed by atoms with Gasteiger partial charge in [-0.25, -0.2) is 8.42 Å². The van der Waals surface area contributed by atoms with Gasteiger partial charge in [0.2, 0.25) is 15.9 Å². The predicted molar refractivity (Wildman–Crippen MR) is 117 cm³/mol. The summed E-state index contributed by atoms with van der Waals surface area (Å²) in [5.41, 5.74) is 4.48. The number of para-hydroxylation sites is 1. The first-order valence-electron chi connectivity index (χ1n) is 9.65. The predicted octanol–water partition coefficient (Wildman–Crippen LogP) is 4.34. The third kappa shape index (κ3) is 5.35. The molecule has 2 aromatic carbocycles. The van der Waals surface area contributed by atoms with Crippen LogP contribution in [-0.4, -0.2) is 27.1 Å². The van der Waals surface area contributed by atoms with Crippen LogP contribution in [0.3, 0.4) is 0 Å². The van der Waals surface area contributed by atoms with E-state index in [2.05, 4.69) is 19.2 Å². The van der Waals surface area contributed by atoms with Crippen molar-refractivity contribution in [2.24, 2.45) is 0 Å². The number of benzene rings is 2. The molecule has 2 rings (SSSR count). The van der Waals surface area contributed by atoms with Gasteiger partial charge in [0, 0.05) is 5.69 Å². The molecule has 6 heteroatoms. The van der Waals surface area contributed by atoms with Crippen molar-refractivity contribution in [2.45, 2.75) is 46.5 Å². The normalized spacial score (nSPS) is 11.5. The zero-order chi connectivity index (χ0) is 20.9. The van der Waals surface area contributed by atoms with Crippen LogP contribution in [0.25, 0.3) is 0 Å². The maximum atomic E-state index is 12.7. The van der Waals surface area contributed by atoms with Gasteiger partial charge in [0.05, 0.1) is 11.9 Å². The average Bonchev–Trinajstić information content (AvgIpc) is 2.65. The summed E-state index contributed by atoms with van der Waals surface area (Å²) in [5, 5.41) is 2.94. The fourth-order valence-corrected chi connectivity index (χ4v) is 3.99. The van der Waals surface area contributed by atoms with Gasteiger partial charge in [-0.1, -0.05) is 58.0 Å². The maximum Gasteiger partial charge on any atom is 0.245 e. The van der Waals surface area contributed by atoms with Crippen LogP contribution in [0.1, 0.15) is 50.3 Å². The molecule has 0 radical (unpaired) electrons. The van der Waals surface area contributed by atoms with Gasteiger partial charge in [-0.15, -0.1) is 0 Å². The van der Waals surface area contributed by atoms with Crippen molar-refractivity contribution in [3.05, 3.63) is 59.2 Å². The highest BCUT2D eigenvalue weighted by Crippen LogP contribution is 2.24. The molecule has 0 atom stereocenters. The second-order valence-electron chi connectivity index (χ2n) is 7.22. The van der Waals surface area contributed by atoms with E-state index in [1.807, 2.05) is 44.2 Å². The van der Waals surface area contributed by atoms with E-state index >= 15 is 0 Å². The molecule has 0 aliphatic heterocycles. The van der Waals surface area contributed by atoms with Gasteiger partial charge in [-0.2, -0.15) is 0 Å². The van der Waals surface area contributed by atoms with E-state index in [-0.39, 0.29) is 12.5 Å². The minimum absolute atomic E-state index is 0.263. The molecule has 0 saturated heterocycles. The van der Waals surface area contributed by atoms with E-state index in [4.69, 9.17) is 0 Å². The van der Waals surface area contributed by atoms with Crippen LogP contribution in [0.5, 0.6) is 0 Å². The summed E-state index contributed by atoms with van der Waals surface area (Å²) in [6.07, 6.45) is 2.69. The standard InChI is InChI=1S/C22H30N2O3S/c1-6-17-9-8-10-18(7-2)22(17)23-21(25)15-24(28(5,26)27)20-13-11-19(12-14-20)16(3)4/h8-14,16H,6-7,15H2,1-5H3,(H,23,25). The highest BCUT2D eigenvalue weighted by Gasteiger charge is 2.22. The lowest BCUT2D eigenvalue weighted by atomic mass is 10.0. The second-order valence-corrected chi connectivity index (χ2v) is 9.13. The van der Waals surface area contributed by atoms with Gasteiger partial charge in [0.1, 0.15) is 6.54 Å². The van der Waals surface area contributed by atoms with Crippen LogP contribution in [0.15, 0.2) is 42.5 Å². The van der Waals surface area contributed by atoms with Gasteiger partial charge in [0.25, 0.3) is 0 Å². The maximum absolute atomic E-state index is 12.7. The van der Waals surface area contributed by atoms with Crippen molar-refractivity contribution in [1.82, 2.24) is 0 Å². The highest BCUT2D eigenvalue weighted by molar-refractivity contribution is 7.92. The molecule has 2 aromatic rings. The average molecular weight is 403 g/mol. The Bertz CT molecular complexity index is 897. The third-order valence-electron chi connectivity index (χ3n) is 4.80. The molecule has 0 saturated carbocycles. The smallest absolute Gasteiger partial charge is 0.245 e. The first-order valence-corrected chi connectivity index (χ1v) is 11.5. The number of rotatable bonds is 8. The number of carbonyl (C=O) groups excluding carboxylic acids is 1. The minimum Gasteiger partial charge on any atom is -0.324 e. The summed E-state index contributed by atoms with van der Waals surface area (Å²) in [6.45, 7) is 7.95. The van der Waals surface area contributed by atoms with Gasteiger partial charge < -0.3 is 5.32 Å². The van der Waals surface area contributed by atoms with Crippen molar-refractivity contribution in [3.63, 3.8) is 0 Å². The summed E-state index contributed by atoms with van der Waals surface area (Å²) < 4.78 is 25.8. The molecule has 0 heterocycles. The van der Waals surface area contributed by atoms with Crippen LogP contribution in [0.2, 0.25) is 0 Å². The Morgan fingerprint density at radius 2 is 1.54 bits per heavy atom. The van der Waals surface area contributed by atoms with E-state index in [1.54, 1.807) is 12.1 Å². The first-order chi connectivity index (χ1) is 13.2. The molecular formula is C22H30N2O3S. The van der Waals surface area contributed by atoms with Crippen LogP contribution in [0.4, 0.5) is 11.4 Å². The molecule has 1 N–H and O–H groups in total. The first kappa shape index (κ1) is 22.0. The van der Waals surface area contributed by atoms with Crippen molar-refractivity contribution >= 4 is 27.3 Å². The van der Waals surface area contributed by atoms with E-state index < -0.39 is 10.0 Å². The lowest BCUT2D eigenvalue weighted by Crippen LogP contribution is -2.37. The number of nitrogens with zero attached hydrogens (tertiary/aromatic N) is 1. The highest BCUT2D eigenvalue weighted by atomic mass is 32.2. The molecule has 0 bridgehead atoms. The zero-order valence-electron chi connectivity index (χ0n) is 17.3. The molecule has 152 valence electrons. The molecule has 28 heavy (non-hydrogen) atoms. The fraction of sp³-hybridized carbons (Fsp3) is 0.409. The summed E-state index contributed by atoms with van der Waals surface area (Å²) >= 11 is 0. The van der Waals surface area contributed by atoms with Crippen LogP contribution in [0, 0.1) is 0 Å². The number of hydrogen-bond acceptors (Lipinski definition) is 3. The minimum atomic E-state index is -3.60. The summed E-state index contributed by atoms with van der Waals surface area (Å²) in [4.78, 5) is 12.7. The molecule has 0 spiro atoms. The van der Waals surface area contributed by atoms with Gasteiger partial charge >= 0.3 is 0 Å². The number of nitrogens with one attached hydrogen (secondary N) is 1. The summed E-state index contributed by atoms with van der Waals surface area (Å²) in [5.74, 6) is -0.00370. The van der Waals surface area contributed by atoms with Crippen LogP contribution in [-0.2, 0) is 27.7 Å². The molecule has 0 aliphatic carbocycles. The number of amides is 1. The number of carbonyl (C=O) groups is 1. The van der Waals surface area contributed by atoms with E-state index in [0.717, 1.165) is 45.8 Å². The third-order valence-corrected chi connectivity index (χ3v) is 5.94. The summed E-state index contributed by atoms with van der Waals surface area (Å²) in [6, 6.07) is 13.2. The lowest BCUT2D eigenvalue weighted by molar-refractivity contribution is -0.114. The molecular weight excluding hydrogens is 372 g/mol. The Kier molecular flexibility index (Phi) is 7.24. The Balaban J connectivity index is 2.28. The van der Waals surface area contributed by atoms with Crippen LogP contribution >= 0.6 is 0 Å². The van der Waals surface area contributed by atoms with Crippen LogP contribution < -0.4 is 9.62 Å². The quantitative estimate of drug-likeness (QED) is 0.714. The van der Waals surface area contributed by atoms with Crippen molar-refractivity contribution in [3.8, 4) is 0 Å². The largest absolute Gasteiger partial charge is 0.324 e. The van der Waals surface area contributed by atoms with E-state index in [0.29, 0.717) is 11.6 Å². The number of hydrogen-bond donors (Lipinski definition) is 1. The number of anilines is 2. The molecule has 0 fully saturated rings. The molecule has 5 nitrogen and oxygen atoms in total. The SMILES string of the molecule is CCc1cccc(CC)c1NC(=O)CN(c1ccc(C(C)C)cc1)S(C)(=O)=O. The van der Waals surface area contributed by atoms with Crippen molar-refractivity contribution in [2.75, 3.05) is 22.4 Å². The van der Waals surface area contributed by atoms with Crippen molar-refractivity contribution in [1.29, 1.82) is 0 Å². The van der Waals surface area contributed by atoms with E-state index in [1.165, 1.54) is 0 Å². The Morgan fingerprint density at radius 3 is 1.96 bits per heavy atom. The molecule has 0 aliphatic rings. The van der Waals surface area contributed by atoms with Crippen molar-refractivity contribution < 1.29 is 13.2 Å². The number of sulfonamides is 1. The Labute approximate surface area is 168 Å². The number of aryl methyl sites for hydroxylation is 2.